The molecule has 0 unspecified atom stereocenters. The maximum atomic E-state index is 4.27. The fourth-order valence-electron chi connectivity index (χ4n) is 3.17. The number of imidazole rings is 1. The lowest BCUT2D eigenvalue weighted by atomic mass is 10.0. The average Bonchev–Trinajstić information content (AvgIpc) is 3.22. The summed E-state index contributed by atoms with van der Waals surface area (Å²) in [6.07, 6.45) is 16.6. The van der Waals surface area contributed by atoms with Crippen molar-refractivity contribution in [3.05, 3.63) is 18.7 Å². The molecule has 2 rings (SSSR count). The predicted molar refractivity (Wildman–Crippen MR) is 92.0 cm³/mol. The Labute approximate surface area is 134 Å². The number of aryl methyl sites for hydroxylation is 1. The summed E-state index contributed by atoms with van der Waals surface area (Å²) in [6, 6.07) is 0. The molecule has 0 aliphatic heterocycles. The van der Waals surface area contributed by atoms with Crippen LogP contribution in [0.5, 0.6) is 0 Å². The van der Waals surface area contributed by atoms with E-state index in [-0.39, 0.29) is 0 Å². The lowest BCUT2D eigenvalue weighted by molar-refractivity contribution is 0.472. The fraction of sp³-hybridized carbons (Fsp3) is 0.765. The van der Waals surface area contributed by atoms with Crippen LogP contribution in [-0.2, 0) is 6.54 Å². The maximum Gasteiger partial charge on any atom is 0.190 e. The molecule has 1 aromatic heterocycles. The number of hydrogen-bond donors (Lipinski definition) is 2. The van der Waals surface area contributed by atoms with E-state index in [1.165, 1.54) is 44.9 Å². The summed E-state index contributed by atoms with van der Waals surface area (Å²) in [4.78, 5) is 8.32. The second-order valence-electron chi connectivity index (χ2n) is 6.23. The van der Waals surface area contributed by atoms with Gasteiger partial charge < -0.3 is 15.2 Å². The highest BCUT2D eigenvalue weighted by Crippen LogP contribution is 2.28. The number of nitrogens with one attached hydrogen (secondary N) is 2. The standard InChI is InChI=1S/C17H31N5/c1-18-17(21-11-6-13-22-14-12-19-15-22)20-10-5-4-9-16-7-2-3-8-16/h12,14-16H,2-11,13H2,1H3,(H2,18,20,21). The first kappa shape index (κ1) is 16.8. The molecule has 1 fully saturated rings. The van der Waals surface area contributed by atoms with Crippen LogP contribution in [0, 0.1) is 5.92 Å². The minimum absolute atomic E-state index is 0.923. The van der Waals surface area contributed by atoms with Crippen molar-refractivity contribution in [1.29, 1.82) is 0 Å². The number of unbranched alkanes of at least 4 members (excludes halogenated alkanes) is 1. The van der Waals surface area contributed by atoms with Crippen LogP contribution >= 0.6 is 0 Å². The first-order valence-electron chi connectivity index (χ1n) is 8.79. The monoisotopic (exact) mass is 305 g/mol. The maximum absolute atomic E-state index is 4.27. The summed E-state index contributed by atoms with van der Waals surface area (Å²) in [7, 11) is 1.84. The van der Waals surface area contributed by atoms with Gasteiger partial charge in [-0.25, -0.2) is 4.98 Å². The van der Waals surface area contributed by atoms with E-state index in [2.05, 4.69) is 25.2 Å². The molecule has 0 aromatic carbocycles. The van der Waals surface area contributed by atoms with E-state index in [0.717, 1.165) is 37.9 Å². The Bertz CT molecular complexity index is 407. The van der Waals surface area contributed by atoms with Gasteiger partial charge in [-0.05, 0) is 18.8 Å². The van der Waals surface area contributed by atoms with E-state index in [1.54, 1.807) is 0 Å². The zero-order chi connectivity index (χ0) is 15.5. The van der Waals surface area contributed by atoms with Crippen LogP contribution in [0.15, 0.2) is 23.7 Å². The molecule has 124 valence electrons. The van der Waals surface area contributed by atoms with E-state index < -0.39 is 0 Å². The lowest BCUT2D eigenvalue weighted by Gasteiger charge is -2.13. The second-order valence-corrected chi connectivity index (χ2v) is 6.23. The molecule has 0 radical (unpaired) electrons. The molecule has 5 heteroatoms. The van der Waals surface area contributed by atoms with Gasteiger partial charge in [-0.1, -0.05) is 38.5 Å². The summed E-state index contributed by atoms with van der Waals surface area (Å²) in [6.45, 7) is 2.94. The highest BCUT2D eigenvalue weighted by atomic mass is 15.2. The topological polar surface area (TPSA) is 54.2 Å². The molecule has 1 aliphatic rings. The van der Waals surface area contributed by atoms with Gasteiger partial charge in [0.05, 0.1) is 6.33 Å². The van der Waals surface area contributed by atoms with Crippen LogP contribution in [0.4, 0.5) is 0 Å². The van der Waals surface area contributed by atoms with Crippen LogP contribution in [0.25, 0.3) is 0 Å². The van der Waals surface area contributed by atoms with Crippen LogP contribution in [-0.4, -0.2) is 35.6 Å². The number of guanidine groups is 1. The highest BCUT2D eigenvalue weighted by molar-refractivity contribution is 5.79. The number of nitrogens with zero attached hydrogens (tertiary/aromatic N) is 3. The Morgan fingerprint density at radius 1 is 1.18 bits per heavy atom. The van der Waals surface area contributed by atoms with Gasteiger partial charge in [-0.3, -0.25) is 4.99 Å². The minimum Gasteiger partial charge on any atom is -0.356 e. The molecule has 2 N–H and O–H groups in total. The largest absolute Gasteiger partial charge is 0.356 e. The summed E-state index contributed by atoms with van der Waals surface area (Å²) in [5.74, 6) is 1.94. The third-order valence-electron chi connectivity index (χ3n) is 4.47. The van der Waals surface area contributed by atoms with E-state index >= 15 is 0 Å². The Balaban J connectivity index is 1.46. The van der Waals surface area contributed by atoms with Crippen LogP contribution in [0.2, 0.25) is 0 Å². The van der Waals surface area contributed by atoms with E-state index in [1.807, 2.05) is 25.8 Å². The molecule has 22 heavy (non-hydrogen) atoms. The second kappa shape index (κ2) is 10.2. The van der Waals surface area contributed by atoms with Crippen LogP contribution in [0.3, 0.4) is 0 Å². The predicted octanol–water partition coefficient (Wildman–Crippen LogP) is 2.80. The minimum atomic E-state index is 0.923. The van der Waals surface area contributed by atoms with Gasteiger partial charge in [0.1, 0.15) is 0 Å². The summed E-state index contributed by atoms with van der Waals surface area (Å²) < 4.78 is 2.10. The third kappa shape index (κ3) is 6.50. The third-order valence-corrected chi connectivity index (χ3v) is 4.47. The van der Waals surface area contributed by atoms with Gasteiger partial charge in [0, 0.05) is 39.1 Å². The van der Waals surface area contributed by atoms with Crippen molar-refractivity contribution >= 4 is 5.96 Å². The Hall–Kier alpha value is -1.52. The number of hydrogen-bond acceptors (Lipinski definition) is 2. The smallest absolute Gasteiger partial charge is 0.190 e. The molecule has 0 saturated heterocycles. The zero-order valence-corrected chi connectivity index (χ0v) is 13.9. The van der Waals surface area contributed by atoms with E-state index in [9.17, 15) is 0 Å². The molecule has 1 heterocycles. The van der Waals surface area contributed by atoms with Crippen LogP contribution in [0.1, 0.15) is 51.4 Å². The molecular formula is C17H31N5. The molecule has 0 spiro atoms. The van der Waals surface area contributed by atoms with Crippen molar-refractivity contribution in [1.82, 2.24) is 20.2 Å². The molecule has 1 aromatic rings. The Morgan fingerprint density at radius 3 is 2.64 bits per heavy atom. The molecular weight excluding hydrogens is 274 g/mol. The van der Waals surface area contributed by atoms with Gasteiger partial charge >= 0.3 is 0 Å². The molecule has 0 amide bonds. The van der Waals surface area contributed by atoms with Gasteiger partial charge in [0.15, 0.2) is 5.96 Å². The van der Waals surface area contributed by atoms with E-state index in [0.29, 0.717) is 0 Å². The molecule has 5 nitrogen and oxygen atoms in total. The first-order chi connectivity index (χ1) is 10.9. The zero-order valence-electron chi connectivity index (χ0n) is 13.9. The van der Waals surface area contributed by atoms with E-state index in [4.69, 9.17) is 0 Å². The normalized spacial score (nSPS) is 16.1. The Morgan fingerprint density at radius 2 is 1.95 bits per heavy atom. The number of aromatic nitrogens is 2. The van der Waals surface area contributed by atoms with Crippen molar-refractivity contribution in [2.45, 2.75) is 57.9 Å². The van der Waals surface area contributed by atoms with Gasteiger partial charge in [-0.15, -0.1) is 0 Å². The van der Waals surface area contributed by atoms with Crippen molar-refractivity contribution in [2.24, 2.45) is 10.9 Å². The van der Waals surface area contributed by atoms with Crippen molar-refractivity contribution in [3.8, 4) is 0 Å². The quantitative estimate of drug-likeness (QED) is 0.419. The lowest BCUT2D eigenvalue weighted by Crippen LogP contribution is -2.38. The molecule has 1 saturated carbocycles. The highest BCUT2D eigenvalue weighted by Gasteiger charge is 2.13. The fourth-order valence-corrected chi connectivity index (χ4v) is 3.17. The van der Waals surface area contributed by atoms with Gasteiger partial charge in [0.25, 0.3) is 0 Å². The molecule has 0 atom stereocenters. The van der Waals surface area contributed by atoms with Crippen molar-refractivity contribution < 1.29 is 0 Å². The number of aliphatic imine (C=N–C) groups is 1. The molecule has 1 aliphatic carbocycles. The van der Waals surface area contributed by atoms with Gasteiger partial charge in [-0.2, -0.15) is 0 Å². The number of rotatable bonds is 9. The average molecular weight is 305 g/mol. The van der Waals surface area contributed by atoms with Crippen molar-refractivity contribution in [3.63, 3.8) is 0 Å². The van der Waals surface area contributed by atoms with Gasteiger partial charge in [0.2, 0.25) is 0 Å². The van der Waals surface area contributed by atoms with Crippen LogP contribution < -0.4 is 10.6 Å². The Kier molecular flexibility index (Phi) is 7.85. The SMILES string of the molecule is CN=C(NCCCCC1CCCC1)NCCCn1ccnc1. The van der Waals surface area contributed by atoms with Crippen molar-refractivity contribution in [2.75, 3.05) is 20.1 Å². The first-order valence-corrected chi connectivity index (χ1v) is 8.79. The summed E-state index contributed by atoms with van der Waals surface area (Å²) in [5.41, 5.74) is 0. The molecule has 0 bridgehead atoms. The summed E-state index contributed by atoms with van der Waals surface area (Å²) in [5, 5.41) is 6.78. The summed E-state index contributed by atoms with van der Waals surface area (Å²) >= 11 is 0.